The molecule has 0 spiro atoms. The van der Waals surface area contributed by atoms with Gasteiger partial charge in [-0.05, 0) is 24.3 Å². The van der Waals surface area contributed by atoms with Crippen molar-refractivity contribution >= 4 is 34.3 Å². The quantitative estimate of drug-likeness (QED) is 0.403. The summed E-state index contributed by atoms with van der Waals surface area (Å²) in [5.41, 5.74) is 0.403. The first-order chi connectivity index (χ1) is 12.5. The van der Waals surface area contributed by atoms with Gasteiger partial charge in [-0.25, -0.2) is 14.1 Å². The SMILES string of the molecule is COc1ccc(NC(=O)CSc2nc3ccccc3c(=O)n2N)cc1F. The number of nitrogen functional groups attached to an aromatic ring is 1. The van der Waals surface area contributed by atoms with Gasteiger partial charge < -0.3 is 15.9 Å². The molecular formula is C17H15FN4O3S. The van der Waals surface area contributed by atoms with Crippen LogP contribution in [0.3, 0.4) is 0 Å². The van der Waals surface area contributed by atoms with Gasteiger partial charge in [-0.2, -0.15) is 0 Å². The first-order valence-electron chi connectivity index (χ1n) is 7.52. The zero-order valence-electron chi connectivity index (χ0n) is 13.7. The third-order valence-corrected chi connectivity index (χ3v) is 4.50. The Balaban J connectivity index is 1.72. The maximum atomic E-state index is 13.7. The molecule has 3 N–H and O–H groups in total. The number of hydrogen-bond donors (Lipinski definition) is 2. The molecule has 0 saturated heterocycles. The van der Waals surface area contributed by atoms with E-state index in [4.69, 9.17) is 10.6 Å². The third-order valence-electron chi connectivity index (χ3n) is 3.54. The Labute approximate surface area is 151 Å². The Bertz CT molecular complexity index is 1040. The molecule has 2 aromatic carbocycles. The summed E-state index contributed by atoms with van der Waals surface area (Å²) in [5.74, 6) is 4.84. The summed E-state index contributed by atoms with van der Waals surface area (Å²) in [6, 6.07) is 10.9. The summed E-state index contributed by atoms with van der Waals surface area (Å²) < 4.78 is 19.4. The number of benzene rings is 2. The van der Waals surface area contributed by atoms with E-state index in [0.717, 1.165) is 22.5 Å². The highest BCUT2D eigenvalue weighted by Gasteiger charge is 2.12. The van der Waals surface area contributed by atoms with Gasteiger partial charge in [0.1, 0.15) is 0 Å². The lowest BCUT2D eigenvalue weighted by Crippen LogP contribution is -2.30. The van der Waals surface area contributed by atoms with Gasteiger partial charge in [0, 0.05) is 11.8 Å². The molecule has 134 valence electrons. The van der Waals surface area contributed by atoms with Crippen molar-refractivity contribution < 1.29 is 13.9 Å². The largest absolute Gasteiger partial charge is 0.494 e. The number of rotatable bonds is 5. The topological polar surface area (TPSA) is 99.2 Å². The molecule has 3 aromatic rings. The standard InChI is InChI=1S/C17H15FN4O3S/c1-25-14-7-6-10(8-12(14)18)20-15(23)9-26-17-21-13-5-3-2-4-11(13)16(24)22(17)19/h2-8H,9,19H2,1H3,(H,20,23). The van der Waals surface area contributed by atoms with Gasteiger partial charge in [0.05, 0.1) is 23.8 Å². The van der Waals surface area contributed by atoms with Crippen molar-refractivity contribution in [1.29, 1.82) is 0 Å². The van der Waals surface area contributed by atoms with E-state index in [1.165, 1.54) is 19.2 Å². The van der Waals surface area contributed by atoms with Crippen molar-refractivity contribution in [2.24, 2.45) is 0 Å². The van der Waals surface area contributed by atoms with E-state index in [-0.39, 0.29) is 22.6 Å². The fourth-order valence-electron chi connectivity index (χ4n) is 2.30. The summed E-state index contributed by atoms with van der Waals surface area (Å²) in [4.78, 5) is 28.6. The number of hydrogen-bond acceptors (Lipinski definition) is 6. The van der Waals surface area contributed by atoms with Crippen LogP contribution in [0.15, 0.2) is 52.4 Å². The van der Waals surface area contributed by atoms with E-state index in [9.17, 15) is 14.0 Å². The molecule has 0 radical (unpaired) electrons. The number of carbonyl (C=O) groups is 1. The monoisotopic (exact) mass is 374 g/mol. The molecule has 0 unspecified atom stereocenters. The molecule has 7 nitrogen and oxygen atoms in total. The lowest BCUT2D eigenvalue weighted by molar-refractivity contribution is -0.113. The Morgan fingerprint density at radius 2 is 2.12 bits per heavy atom. The van der Waals surface area contributed by atoms with E-state index >= 15 is 0 Å². The van der Waals surface area contributed by atoms with Crippen molar-refractivity contribution in [3.05, 3.63) is 58.6 Å². The Kier molecular flexibility index (Phi) is 5.08. The molecule has 0 fully saturated rings. The van der Waals surface area contributed by atoms with E-state index in [2.05, 4.69) is 10.3 Å². The predicted molar refractivity (Wildman–Crippen MR) is 98.5 cm³/mol. The minimum Gasteiger partial charge on any atom is -0.494 e. The van der Waals surface area contributed by atoms with Gasteiger partial charge in [-0.15, -0.1) is 0 Å². The highest BCUT2D eigenvalue weighted by Crippen LogP contribution is 2.21. The average Bonchev–Trinajstić information content (AvgIpc) is 2.64. The fourth-order valence-corrected chi connectivity index (χ4v) is 3.02. The van der Waals surface area contributed by atoms with E-state index in [1.807, 2.05) is 0 Å². The normalized spacial score (nSPS) is 10.7. The Morgan fingerprint density at radius 3 is 2.85 bits per heavy atom. The predicted octanol–water partition coefficient (Wildman–Crippen LogP) is 1.99. The zero-order chi connectivity index (χ0) is 18.7. The van der Waals surface area contributed by atoms with Crippen LogP contribution in [0.25, 0.3) is 10.9 Å². The number of thioether (sulfide) groups is 1. The molecule has 0 aliphatic carbocycles. The van der Waals surface area contributed by atoms with Crippen LogP contribution in [-0.2, 0) is 4.79 Å². The van der Waals surface area contributed by atoms with Crippen LogP contribution in [0.1, 0.15) is 0 Å². The minimum atomic E-state index is -0.579. The summed E-state index contributed by atoms with van der Waals surface area (Å²) in [6.07, 6.45) is 0. The first-order valence-corrected chi connectivity index (χ1v) is 8.51. The summed E-state index contributed by atoms with van der Waals surface area (Å²) >= 11 is 1.01. The molecule has 26 heavy (non-hydrogen) atoms. The van der Waals surface area contributed by atoms with Crippen LogP contribution in [0.5, 0.6) is 5.75 Å². The number of carbonyl (C=O) groups excluding carboxylic acids is 1. The van der Waals surface area contributed by atoms with Crippen molar-refractivity contribution in [2.45, 2.75) is 5.16 Å². The second-order valence-electron chi connectivity index (χ2n) is 5.27. The molecule has 0 atom stereocenters. The van der Waals surface area contributed by atoms with E-state index in [1.54, 1.807) is 24.3 Å². The maximum absolute atomic E-state index is 13.7. The van der Waals surface area contributed by atoms with Crippen molar-refractivity contribution in [3.63, 3.8) is 0 Å². The smallest absolute Gasteiger partial charge is 0.280 e. The van der Waals surface area contributed by atoms with E-state index in [0.29, 0.717) is 16.6 Å². The number of halogens is 1. The number of nitrogens with two attached hydrogens (primary N) is 1. The molecule has 0 bridgehead atoms. The highest BCUT2D eigenvalue weighted by atomic mass is 32.2. The Hall–Kier alpha value is -3.07. The molecule has 0 aliphatic heterocycles. The van der Waals surface area contributed by atoms with E-state index < -0.39 is 11.4 Å². The number of fused-ring (bicyclic) bond motifs is 1. The van der Waals surface area contributed by atoms with Gasteiger partial charge in [0.15, 0.2) is 16.7 Å². The van der Waals surface area contributed by atoms with Gasteiger partial charge in [0.25, 0.3) is 5.56 Å². The number of nitrogens with one attached hydrogen (secondary N) is 1. The van der Waals surface area contributed by atoms with Crippen molar-refractivity contribution in [2.75, 3.05) is 24.0 Å². The fraction of sp³-hybridized carbons (Fsp3) is 0.118. The molecular weight excluding hydrogens is 359 g/mol. The van der Waals surface area contributed by atoms with Gasteiger partial charge in [-0.3, -0.25) is 9.59 Å². The third kappa shape index (κ3) is 3.62. The first kappa shape index (κ1) is 17.7. The molecule has 0 saturated carbocycles. The summed E-state index contributed by atoms with van der Waals surface area (Å²) in [5, 5.41) is 3.18. The lowest BCUT2D eigenvalue weighted by atomic mass is 10.2. The second-order valence-corrected chi connectivity index (χ2v) is 6.22. The van der Waals surface area contributed by atoms with Gasteiger partial charge in [-0.1, -0.05) is 23.9 Å². The summed E-state index contributed by atoms with van der Waals surface area (Å²) in [6.45, 7) is 0. The van der Waals surface area contributed by atoms with Crippen molar-refractivity contribution in [1.82, 2.24) is 9.66 Å². The van der Waals surface area contributed by atoms with Crippen LogP contribution < -0.4 is 21.5 Å². The second kappa shape index (κ2) is 7.44. The number of nitrogens with zero attached hydrogens (tertiary/aromatic N) is 2. The lowest BCUT2D eigenvalue weighted by Gasteiger charge is -2.09. The molecule has 9 heteroatoms. The maximum Gasteiger partial charge on any atom is 0.280 e. The van der Waals surface area contributed by atoms with Crippen LogP contribution >= 0.6 is 11.8 Å². The molecule has 1 heterocycles. The number of methoxy groups -OCH3 is 1. The number of ether oxygens (including phenoxy) is 1. The van der Waals surface area contributed by atoms with Gasteiger partial charge in [0.2, 0.25) is 5.91 Å². The van der Waals surface area contributed by atoms with Crippen LogP contribution in [0.2, 0.25) is 0 Å². The summed E-state index contributed by atoms with van der Waals surface area (Å²) in [7, 11) is 1.36. The van der Waals surface area contributed by atoms with Crippen LogP contribution in [-0.4, -0.2) is 28.4 Å². The van der Waals surface area contributed by atoms with Crippen molar-refractivity contribution in [3.8, 4) is 5.75 Å². The van der Waals surface area contributed by atoms with Gasteiger partial charge >= 0.3 is 0 Å². The molecule has 3 rings (SSSR count). The number of para-hydroxylation sites is 1. The minimum absolute atomic E-state index is 0.0460. The number of amides is 1. The number of aromatic nitrogens is 2. The van der Waals surface area contributed by atoms with Crippen LogP contribution in [0, 0.1) is 5.82 Å². The average molecular weight is 374 g/mol. The molecule has 1 aromatic heterocycles. The zero-order valence-corrected chi connectivity index (χ0v) is 14.5. The number of anilines is 1. The Morgan fingerprint density at radius 1 is 1.35 bits per heavy atom. The highest BCUT2D eigenvalue weighted by molar-refractivity contribution is 7.99. The van der Waals surface area contributed by atoms with Crippen LogP contribution in [0.4, 0.5) is 10.1 Å². The molecule has 1 amide bonds. The molecule has 0 aliphatic rings.